The molecule has 0 bridgehead atoms. The minimum absolute atomic E-state index is 0. The highest BCUT2D eigenvalue weighted by atomic mass is 35.5. The molecule has 4 rings (SSSR count). The van der Waals surface area contributed by atoms with Crippen LogP contribution in [0.4, 0.5) is 0 Å². The topological polar surface area (TPSA) is 58.4 Å². The maximum absolute atomic E-state index is 13.0. The largest absolute Gasteiger partial charge is 0.361 e. The number of hydrogen-bond donors (Lipinski definition) is 1. The molecule has 3 heterocycles. The number of carbonyl (C=O) groups excluding carboxylic acids is 1. The van der Waals surface area contributed by atoms with Crippen molar-refractivity contribution in [2.24, 2.45) is 11.8 Å². The summed E-state index contributed by atoms with van der Waals surface area (Å²) in [5.41, 5.74) is 3.22. The van der Waals surface area contributed by atoms with Gasteiger partial charge in [0, 0.05) is 37.5 Å². The van der Waals surface area contributed by atoms with Gasteiger partial charge in [0.2, 0.25) is 5.91 Å². The number of carbonyl (C=O) groups is 1. The highest BCUT2D eigenvalue weighted by Gasteiger charge is 2.46. The molecule has 6 heteroatoms. The van der Waals surface area contributed by atoms with E-state index in [1.54, 1.807) is 0 Å². The zero-order chi connectivity index (χ0) is 17.4. The summed E-state index contributed by atoms with van der Waals surface area (Å²) in [5, 5.41) is 7.49. The van der Waals surface area contributed by atoms with E-state index in [-0.39, 0.29) is 24.4 Å². The van der Waals surface area contributed by atoms with Gasteiger partial charge >= 0.3 is 0 Å². The molecule has 1 aromatic heterocycles. The number of aryl methyl sites for hydroxylation is 2. The number of benzene rings is 1. The van der Waals surface area contributed by atoms with Gasteiger partial charge in [0.1, 0.15) is 5.76 Å². The molecule has 2 aliphatic heterocycles. The van der Waals surface area contributed by atoms with Crippen molar-refractivity contribution in [2.75, 3.05) is 19.6 Å². The number of hydrogen-bond acceptors (Lipinski definition) is 4. The van der Waals surface area contributed by atoms with Crippen LogP contribution in [0.15, 0.2) is 34.9 Å². The van der Waals surface area contributed by atoms with Crippen molar-refractivity contribution in [1.29, 1.82) is 0 Å². The number of nitrogens with zero attached hydrogens (tertiary/aromatic N) is 2. The molecule has 0 spiro atoms. The van der Waals surface area contributed by atoms with E-state index in [0.29, 0.717) is 24.7 Å². The van der Waals surface area contributed by atoms with Crippen molar-refractivity contribution in [3.05, 3.63) is 52.9 Å². The lowest BCUT2D eigenvalue weighted by Gasteiger charge is -2.28. The Kier molecular flexibility index (Phi) is 5.68. The Hall–Kier alpha value is -1.85. The molecule has 1 amide bonds. The van der Waals surface area contributed by atoms with Crippen LogP contribution in [0.2, 0.25) is 0 Å². The van der Waals surface area contributed by atoms with Crippen molar-refractivity contribution >= 4 is 18.3 Å². The summed E-state index contributed by atoms with van der Waals surface area (Å²) >= 11 is 0. The number of amides is 1. The van der Waals surface area contributed by atoms with Crippen molar-refractivity contribution in [3.8, 4) is 0 Å². The highest BCUT2D eigenvalue weighted by Crippen LogP contribution is 2.42. The molecule has 140 valence electrons. The predicted octanol–water partition coefficient (Wildman–Crippen LogP) is 3.06. The fraction of sp³-hybridized carbons (Fsp3) is 0.500. The maximum atomic E-state index is 13.0. The Bertz CT molecular complexity index is 742. The number of aromatic nitrogens is 1. The van der Waals surface area contributed by atoms with Crippen molar-refractivity contribution in [2.45, 2.75) is 32.7 Å². The predicted molar refractivity (Wildman–Crippen MR) is 102 cm³/mol. The van der Waals surface area contributed by atoms with Gasteiger partial charge in [-0.3, -0.25) is 4.79 Å². The second-order valence-corrected chi connectivity index (χ2v) is 7.29. The molecule has 2 aliphatic rings. The molecule has 0 radical (unpaired) electrons. The van der Waals surface area contributed by atoms with Gasteiger partial charge in [-0.25, -0.2) is 0 Å². The molecule has 3 atom stereocenters. The summed E-state index contributed by atoms with van der Waals surface area (Å²) in [6.07, 6.45) is 1.21. The van der Waals surface area contributed by atoms with Crippen molar-refractivity contribution < 1.29 is 9.32 Å². The first-order chi connectivity index (χ1) is 12.1. The van der Waals surface area contributed by atoms with Crippen LogP contribution in [-0.2, 0) is 11.2 Å². The molecule has 0 unspecified atom stereocenters. The number of nitrogens with one attached hydrogen (secondary N) is 1. The average molecular weight is 376 g/mol. The normalized spacial score (nSPS) is 24.4. The zero-order valence-corrected chi connectivity index (χ0v) is 16.1. The van der Waals surface area contributed by atoms with Crippen molar-refractivity contribution in [1.82, 2.24) is 15.4 Å². The molecule has 5 nitrogen and oxygen atoms in total. The third kappa shape index (κ3) is 3.38. The summed E-state index contributed by atoms with van der Waals surface area (Å²) in [6, 6.07) is 10.7. The Morgan fingerprint density at radius 2 is 2.04 bits per heavy atom. The van der Waals surface area contributed by atoms with Gasteiger partial charge in [-0.15, -0.1) is 12.4 Å². The maximum Gasteiger partial charge on any atom is 0.223 e. The Labute approximate surface area is 160 Å². The summed E-state index contributed by atoms with van der Waals surface area (Å²) < 4.78 is 5.22. The first-order valence-electron chi connectivity index (χ1n) is 9.12. The molecule has 1 aromatic carbocycles. The van der Waals surface area contributed by atoms with Crippen LogP contribution in [0.1, 0.15) is 35.0 Å². The fourth-order valence-corrected chi connectivity index (χ4v) is 4.49. The van der Waals surface area contributed by atoms with Crippen LogP contribution in [0, 0.1) is 25.7 Å². The van der Waals surface area contributed by atoms with E-state index in [0.717, 1.165) is 36.7 Å². The molecule has 26 heavy (non-hydrogen) atoms. The first-order valence-corrected chi connectivity index (χ1v) is 9.12. The molecule has 2 aromatic rings. The SMILES string of the molecule is Cc1noc(C)c1CCC(=O)N1C[C@@H]2CNC[C@@H]2[C@H]1c1ccccc1.Cl. The lowest BCUT2D eigenvalue weighted by molar-refractivity contribution is -0.132. The van der Waals surface area contributed by atoms with Gasteiger partial charge in [-0.2, -0.15) is 0 Å². The van der Waals surface area contributed by atoms with Crippen LogP contribution in [-0.4, -0.2) is 35.6 Å². The van der Waals surface area contributed by atoms with E-state index in [1.165, 1.54) is 5.56 Å². The third-order valence-corrected chi connectivity index (χ3v) is 5.80. The standard InChI is InChI=1S/C20H25N3O2.ClH/c1-13-17(14(2)25-22-13)8-9-19(24)23-12-16-10-21-11-18(16)20(23)15-6-4-3-5-7-15;/h3-7,16,18,20-21H,8-12H2,1-2H3;1H/t16-,18-,20+;/m0./s1. The molecule has 0 aliphatic carbocycles. The van der Waals surface area contributed by atoms with Gasteiger partial charge in [-0.1, -0.05) is 35.5 Å². The van der Waals surface area contributed by atoms with Crippen LogP contribution in [0.3, 0.4) is 0 Å². The summed E-state index contributed by atoms with van der Waals surface area (Å²) in [7, 11) is 0. The Morgan fingerprint density at radius 3 is 2.73 bits per heavy atom. The van der Waals surface area contributed by atoms with E-state index in [4.69, 9.17) is 4.52 Å². The molecule has 1 N–H and O–H groups in total. The number of halogens is 1. The molecular weight excluding hydrogens is 350 g/mol. The van der Waals surface area contributed by atoms with Gasteiger partial charge < -0.3 is 14.7 Å². The van der Waals surface area contributed by atoms with Crippen LogP contribution >= 0.6 is 12.4 Å². The van der Waals surface area contributed by atoms with E-state index in [2.05, 4.69) is 39.6 Å². The molecule has 2 fully saturated rings. The van der Waals surface area contributed by atoms with Gasteiger partial charge in [0.15, 0.2) is 0 Å². The zero-order valence-electron chi connectivity index (χ0n) is 15.3. The second-order valence-electron chi connectivity index (χ2n) is 7.29. The lowest BCUT2D eigenvalue weighted by atomic mass is 9.89. The molecule has 0 saturated carbocycles. The van der Waals surface area contributed by atoms with E-state index in [1.807, 2.05) is 19.9 Å². The lowest BCUT2D eigenvalue weighted by Crippen LogP contribution is -2.34. The number of likely N-dealkylation sites (tertiary alicyclic amines) is 1. The molecule has 2 saturated heterocycles. The van der Waals surface area contributed by atoms with Crippen LogP contribution in [0.5, 0.6) is 0 Å². The summed E-state index contributed by atoms with van der Waals surface area (Å²) in [5.74, 6) is 2.15. The third-order valence-electron chi connectivity index (χ3n) is 5.80. The molecular formula is C20H26ClN3O2. The van der Waals surface area contributed by atoms with E-state index >= 15 is 0 Å². The van der Waals surface area contributed by atoms with Gasteiger partial charge in [0.05, 0.1) is 11.7 Å². The average Bonchev–Trinajstić information content (AvgIpc) is 3.29. The first kappa shape index (κ1) is 18.9. The van der Waals surface area contributed by atoms with Crippen LogP contribution in [0.25, 0.3) is 0 Å². The second kappa shape index (κ2) is 7.80. The Morgan fingerprint density at radius 1 is 1.27 bits per heavy atom. The smallest absolute Gasteiger partial charge is 0.223 e. The van der Waals surface area contributed by atoms with Gasteiger partial charge in [0.25, 0.3) is 0 Å². The number of fused-ring (bicyclic) bond motifs is 1. The van der Waals surface area contributed by atoms with Crippen LogP contribution < -0.4 is 5.32 Å². The van der Waals surface area contributed by atoms with E-state index < -0.39 is 0 Å². The summed E-state index contributed by atoms with van der Waals surface area (Å²) in [6.45, 7) is 6.73. The summed E-state index contributed by atoms with van der Waals surface area (Å²) in [4.78, 5) is 15.1. The number of rotatable bonds is 4. The van der Waals surface area contributed by atoms with Crippen molar-refractivity contribution in [3.63, 3.8) is 0 Å². The minimum Gasteiger partial charge on any atom is -0.361 e. The fourth-order valence-electron chi connectivity index (χ4n) is 4.49. The van der Waals surface area contributed by atoms with Gasteiger partial charge in [-0.05, 0) is 31.7 Å². The Balaban J connectivity index is 0.00000196. The van der Waals surface area contributed by atoms with E-state index in [9.17, 15) is 4.79 Å². The highest BCUT2D eigenvalue weighted by molar-refractivity contribution is 5.85. The minimum atomic E-state index is 0. The quantitative estimate of drug-likeness (QED) is 0.892. The monoisotopic (exact) mass is 375 g/mol.